The average molecular weight is 373 g/mol. The molecule has 150 valence electrons. The molecule has 6 fully saturated rings. The van der Waals surface area contributed by atoms with E-state index in [0.717, 1.165) is 69.5 Å². The lowest BCUT2D eigenvalue weighted by Gasteiger charge is -2.56. The van der Waals surface area contributed by atoms with Crippen molar-refractivity contribution in [2.45, 2.75) is 77.7 Å². The van der Waals surface area contributed by atoms with Crippen molar-refractivity contribution in [1.29, 1.82) is 0 Å². The van der Waals surface area contributed by atoms with Crippen LogP contribution in [0.3, 0.4) is 0 Å². The van der Waals surface area contributed by atoms with Crippen molar-refractivity contribution < 1.29 is 9.59 Å². The van der Waals surface area contributed by atoms with Gasteiger partial charge < -0.3 is 9.80 Å². The summed E-state index contributed by atoms with van der Waals surface area (Å²) in [6.45, 7) is 7.06. The molecule has 0 aromatic rings. The van der Waals surface area contributed by atoms with Gasteiger partial charge in [0.25, 0.3) is 0 Å². The smallest absolute Gasteiger partial charge is 0.245 e. The van der Waals surface area contributed by atoms with E-state index in [4.69, 9.17) is 0 Å². The van der Waals surface area contributed by atoms with Gasteiger partial charge in [0, 0.05) is 19.6 Å². The zero-order valence-electron chi connectivity index (χ0n) is 17.2. The van der Waals surface area contributed by atoms with E-state index in [1.165, 1.54) is 25.7 Å². The molecule has 0 aromatic heterocycles. The molecule has 6 rings (SSSR count). The molecule has 0 radical (unpaired) electrons. The van der Waals surface area contributed by atoms with Crippen molar-refractivity contribution in [3.63, 3.8) is 0 Å². The number of likely N-dealkylation sites (tertiary alicyclic amines) is 2. The molecule has 2 heterocycles. The van der Waals surface area contributed by atoms with Gasteiger partial charge in [-0.05, 0) is 87.4 Å². The Morgan fingerprint density at radius 1 is 0.852 bits per heavy atom. The summed E-state index contributed by atoms with van der Waals surface area (Å²) in [7, 11) is 0. The number of carbonyl (C=O) groups is 2. The molecule has 4 nitrogen and oxygen atoms in total. The molecule has 4 bridgehead atoms. The summed E-state index contributed by atoms with van der Waals surface area (Å²) in [5.74, 6) is 4.08. The molecule has 2 saturated heterocycles. The zero-order valence-corrected chi connectivity index (χ0v) is 17.2. The Morgan fingerprint density at radius 3 is 1.96 bits per heavy atom. The summed E-state index contributed by atoms with van der Waals surface area (Å²) in [6, 6.07) is -0.178. The number of amides is 2. The monoisotopic (exact) mass is 372 g/mol. The molecular weight excluding hydrogens is 336 g/mol. The van der Waals surface area contributed by atoms with Gasteiger partial charge in [0.1, 0.15) is 6.04 Å². The Bertz CT molecular complexity index is 585. The Labute approximate surface area is 164 Å². The third-order valence-corrected chi connectivity index (χ3v) is 8.47. The summed E-state index contributed by atoms with van der Waals surface area (Å²) in [5.41, 5.74) is -0.111. The van der Waals surface area contributed by atoms with E-state index in [-0.39, 0.29) is 17.4 Å². The fourth-order valence-corrected chi connectivity index (χ4v) is 8.00. The lowest BCUT2D eigenvalue weighted by molar-refractivity contribution is -0.162. The maximum Gasteiger partial charge on any atom is 0.245 e. The minimum Gasteiger partial charge on any atom is -0.340 e. The van der Waals surface area contributed by atoms with Gasteiger partial charge in [-0.15, -0.1) is 0 Å². The molecule has 6 aliphatic rings. The molecule has 4 saturated carbocycles. The van der Waals surface area contributed by atoms with E-state index in [1.807, 2.05) is 4.90 Å². The second-order valence-corrected chi connectivity index (χ2v) is 11.0. The molecule has 2 amide bonds. The average Bonchev–Trinajstić information content (AvgIpc) is 3.07. The van der Waals surface area contributed by atoms with Gasteiger partial charge in [-0.3, -0.25) is 9.59 Å². The molecule has 0 spiro atoms. The Kier molecular flexibility index (Phi) is 4.32. The largest absolute Gasteiger partial charge is 0.340 e. The summed E-state index contributed by atoms with van der Waals surface area (Å²) < 4.78 is 0. The van der Waals surface area contributed by atoms with E-state index in [9.17, 15) is 9.59 Å². The van der Waals surface area contributed by atoms with Crippen LogP contribution >= 0.6 is 0 Å². The zero-order chi connectivity index (χ0) is 18.8. The van der Waals surface area contributed by atoms with Crippen LogP contribution in [-0.4, -0.2) is 47.3 Å². The first kappa shape index (κ1) is 18.0. The van der Waals surface area contributed by atoms with E-state index >= 15 is 0 Å². The second kappa shape index (κ2) is 6.49. The van der Waals surface area contributed by atoms with Gasteiger partial charge >= 0.3 is 0 Å². The van der Waals surface area contributed by atoms with Crippen LogP contribution in [0.25, 0.3) is 0 Å². The van der Waals surface area contributed by atoms with Crippen molar-refractivity contribution >= 4 is 11.8 Å². The molecule has 0 N–H and O–H groups in total. The normalized spacial score (nSPS) is 46.1. The fourth-order valence-electron chi connectivity index (χ4n) is 8.00. The highest BCUT2D eigenvalue weighted by Gasteiger charge is 2.57. The molecular formula is C23H36N2O2. The van der Waals surface area contributed by atoms with Crippen molar-refractivity contribution in [2.24, 2.45) is 35.0 Å². The Hall–Kier alpha value is -1.06. The molecule has 27 heavy (non-hydrogen) atoms. The fraction of sp³-hybridized carbons (Fsp3) is 0.913. The van der Waals surface area contributed by atoms with Gasteiger partial charge in [0.2, 0.25) is 11.8 Å². The highest BCUT2D eigenvalue weighted by molar-refractivity contribution is 5.91. The summed E-state index contributed by atoms with van der Waals surface area (Å²) in [5, 5.41) is 0. The van der Waals surface area contributed by atoms with Gasteiger partial charge in [0.05, 0.1) is 5.41 Å². The lowest BCUT2D eigenvalue weighted by atomic mass is 9.49. The third-order valence-electron chi connectivity index (χ3n) is 8.47. The van der Waals surface area contributed by atoms with Crippen LogP contribution < -0.4 is 0 Å². The van der Waals surface area contributed by atoms with Crippen LogP contribution in [-0.2, 0) is 9.59 Å². The maximum absolute atomic E-state index is 13.8. The van der Waals surface area contributed by atoms with Crippen molar-refractivity contribution in [1.82, 2.24) is 9.80 Å². The topological polar surface area (TPSA) is 40.6 Å². The molecule has 4 heteroatoms. The predicted octanol–water partition coefficient (Wildman–Crippen LogP) is 3.70. The Balaban J connectivity index is 1.34. The van der Waals surface area contributed by atoms with Crippen LogP contribution in [0, 0.1) is 35.0 Å². The third kappa shape index (κ3) is 3.02. The SMILES string of the molecule is CC1CC(C)CN(C(=O)C2CCCN2C(=O)C23CC4CC(CC(C4)C2)C3)C1. The Morgan fingerprint density at radius 2 is 1.41 bits per heavy atom. The van der Waals surface area contributed by atoms with Crippen molar-refractivity contribution in [2.75, 3.05) is 19.6 Å². The van der Waals surface area contributed by atoms with Crippen LogP contribution in [0.2, 0.25) is 0 Å². The molecule has 0 aromatic carbocycles. The van der Waals surface area contributed by atoms with Crippen molar-refractivity contribution in [3.8, 4) is 0 Å². The van der Waals surface area contributed by atoms with E-state index in [0.29, 0.717) is 17.7 Å². The first-order valence-corrected chi connectivity index (χ1v) is 11.5. The highest BCUT2D eigenvalue weighted by Crippen LogP contribution is 2.60. The molecule has 4 aliphatic carbocycles. The van der Waals surface area contributed by atoms with Crippen molar-refractivity contribution in [3.05, 3.63) is 0 Å². The lowest BCUT2D eigenvalue weighted by Crippen LogP contribution is -2.58. The number of nitrogens with zero attached hydrogens (tertiary/aromatic N) is 2. The number of hydrogen-bond acceptors (Lipinski definition) is 2. The number of rotatable bonds is 2. The molecule has 2 aliphatic heterocycles. The highest BCUT2D eigenvalue weighted by atomic mass is 16.2. The van der Waals surface area contributed by atoms with Gasteiger partial charge in [0.15, 0.2) is 0 Å². The molecule has 3 atom stereocenters. The summed E-state index contributed by atoms with van der Waals surface area (Å²) in [6.07, 6.45) is 10.5. The second-order valence-electron chi connectivity index (χ2n) is 11.0. The van der Waals surface area contributed by atoms with E-state index in [2.05, 4.69) is 18.7 Å². The van der Waals surface area contributed by atoms with Crippen LogP contribution in [0.4, 0.5) is 0 Å². The van der Waals surface area contributed by atoms with E-state index < -0.39 is 0 Å². The summed E-state index contributed by atoms with van der Waals surface area (Å²) >= 11 is 0. The number of carbonyl (C=O) groups excluding carboxylic acids is 2. The number of piperidine rings is 1. The van der Waals surface area contributed by atoms with Crippen LogP contribution in [0.1, 0.15) is 71.6 Å². The first-order valence-electron chi connectivity index (χ1n) is 11.5. The van der Waals surface area contributed by atoms with Crippen LogP contribution in [0.15, 0.2) is 0 Å². The molecule has 3 unspecified atom stereocenters. The minimum atomic E-state index is -0.178. The van der Waals surface area contributed by atoms with Gasteiger partial charge in [-0.1, -0.05) is 13.8 Å². The van der Waals surface area contributed by atoms with Gasteiger partial charge in [-0.2, -0.15) is 0 Å². The number of hydrogen-bond donors (Lipinski definition) is 0. The standard InChI is InChI=1S/C23H36N2O2/c1-15-6-16(2)14-24(13-15)21(26)20-4-3-5-25(20)22(27)23-10-17-7-18(11-23)9-19(8-17)12-23/h15-20H,3-14H2,1-2H3. The van der Waals surface area contributed by atoms with E-state index in [1.54, 1.807) is 0 Å². The predicted molar refractivity (Wildman–Crippen MR) is 105 cm³/mol. The minimum absolute atomic E-state index is 0.111. The van der Waals surface area contributed by atoms with Crippen LogP contribution in [0.5, 0.6) is 0 Å². The maximum atomic E-state index is 13.8. The quantitative estimate of drug-likeness (QED) is 0.742. The van der Waals surface area contributed by atoms with Gasteiger partial charge in [-0.25, -0.2) is 0 Å². The summed E-state index contributed by atoms with van der Waals surface area (Å²) in [4.78, 5) is 31.3. The first-order chi connectivity index (χ1) is 12.9.